The molecule has 1 aliphatic carbocycles. The first-order chi connectivity index (χ1) is 9.15. The van der Waals surface area contributed by atoms with Crippen LogP contribution in [-0.2, 0) is 15.0 Å². The van der Waals surface area contributed by atoms with Gasteiger partial charge in [0.15, 0.2) is 0 Å². The van der Waals surface area contributed by atoms with E-state index in [0.29, 0.717) is 0 Å². The van der Waals surface area contributed by atoms with Crippen LogP contribution in [0.25, 0.3) is 0 Å². The molecule has 19 heavy (non-hydrogen) atoms. The fourth-order valence-electron chi connectivity index (χ4n) is 3.49. The fourth-order valence-corrected chi connectivity index (χ4v) is 3.49. The van der Waals surface area contributed by atoms with Crippen molar-refractivity contribution in [3.63, 3.8) is 0 Å². The number of rotatable bonds is 3. The molecule has 1 aromatic carbocycles. The maximum atomic E-state index is 12.7. The van der Waals surface area contributed by atoms with Crippen LogP contribution < -0.4 is 4.90 Å². The minimum absolute atomic E-state index is 0.00382. The maximum absolute atomic E-state index is 12.7. The average molecular weight is 259 g/mol. The molecule has 1 aromatic rings. The summed E-state index contributed by atoms with van der Waals surface area (Å²) in [7, 11) is 0. The van der Waals surface area contributed by atoms with E-state index in [1.54, 1.807) is 4.90 Å². The molecule has 1 fully saturated rings. The average Bonchev–Trinajstić information content (AvgIpc) is 2.96. The number of carbonyl (C=O) groups excluding carboxylic acids is 1. The van der Waals surface area contributed by atoms with Crippen LogP contribution in [0, 0.1) is 0 Å². The minimum Gasteiger partial charge on any atom is -0.481 e. The Bertz CT molecular complexity index is 532. The Hall–Kier alpha value is -1.84. The van der Waals surface area contributed by atoms with Crippen LogP contribution in [0.2, 0.25) is 0 Å². The summed E-state index contributed by atoms with van der Waals surface area (Å²) in [6.07, 6.45) is 3.94. The highest BCUT2D eigenvalue weighted by atomic mass is 16.4. The second kappa shape index (κ2) is 4.37. The van der Waals surface area contributed by atoms with Gasteiger partial charge in [0.1, 0.15) is 0 Å². The van der Waals surface area contributed by atoms with E-state index in [4.69, 9.17) is 5.11 Å². The molecule has 0 unspecified atom stereocenters. The summed E-state index contributed by atoms with van der Waals surface area (Å²) in [5, 5.41) is 8.83. The second-order valence-electron chi connectivity index (χ2n) is 5.41. The van der Waals surface area contributed by atoms with E-state index in [1.807, 2.05) is 24.3 Å². The third-order valence-corrected chi connectivity index (χ3v) is 4.37. The lowest BCUT2D eigenvalue weighted by atomic mass is 9.80. The van der Waals surface area contributed by atoms with E-state index in [9.17, 15) is 9.59 Å². The molecule has 3 rings (SSSR count). The summed E-state index contributed by atoms with van der Waals surface area (Å²) in [6.45, 7) is 0.271. The zero-order chi connectivity index (χ0) is 13.5. The minimum atomic E-state index is -0.863. The standard InChI is InChI=1S/C15H17NO3/c17-13(18)7-10-16-12-6-2-1-5-11(12)15(14(16)19)8-3-4-9-15/h1-2,5-6H,3-4,7-10H2,(H,17,18). The Kier molecular flexibility index (Phi) is 2.81. The first-order valence-corrected chi connectivity index (χ1v) is 6.78. The molecule has 0 atom stereocenters. The van der Waals surface area contributed by atoms with Crippen LogP contribution >= 0.6 is 0 Å². The van der Waals surface area contributed by atoms with Gasteiger partial charge in [-0.1, -0.05) is 31.0 Å². The van der Waals surface area contributed by atoms with E-state index >= 15 is 0 Å². The van der Waals surface area contributed by atoms with E-state index in [1.165, 1.54) is 0 Å². The molecule has 100 valence electrons. The number of hydrogen-bond acceptors (Lipinski definition) is 2. The molecular formula is C15H17NO3. The number of benzene rings is 1. The molecule has 1 N–H and O–H groups in total. The van der Waals surface area contributed by atoms with Crippen molar-refractivity contribution in [3.8, 4) is 0 Å². The molecule has 1 amide bonds. The smallest absolute Gasteiger partial charge is 0.305 e. The van der Waals surface area contributed by atoms with Gasteiger partial charge in [0.25, 0.3) is 0 Å². The van der Waals surface area contributed by atoms with Crippen LogP contribution in [0.5, 0.6) is 0 Å². The Morgan fingerprint density at radius 2 is 1.95 bits per heavy atom. The van der Waals surface area contributed by atoms with Gasteiger partial charge in [0.05, 0.1) is 11.8 Å². The lowest BCUT2D eigenvalue weighted by Crippen LogP contribution is -2.39. The Morgan fingerprint density at radius 3 is 2.63 bits per heavy atom. The Morgan fingerprint density at radius 1 is 1.26 bits per heavy atom. The normalized spacial score (nSPS) is 20.0. The molecule has 0 radical (unpaired) electrons. The number of fused-ring (bicyclic) bond motifs is 2. The number of anilines is 1. The molecule has 0 saturated heterocycles. The summed E-state index contributed by atoms with van der Waals surface area (Å²) in [6, 6.07) is 7.84. The third kappa shape index (κ3) is 1.74. The number of para-hydroxylation sites is 1. The monoisotopic (exact) mass is 259 g/mol. The number of hydrogen-bond donors (Lipinski definition) is 1. The van der Waals surface area contributed by atoms with Crippen LogP contribution in [0.15, 0.2) is 24.3 Å². The Balaban J connectivity index is 1.99. The lowest BCUT2D eigenvalue weighted by Gasteiger charge is -2.23. The molecule has 1 saturated carbocycles. The van der Waals surface area contributed by atoms with Crippen molar-refractivity contribution in [1.82, 2.24) is 0 Å². The van der Waals surface area contributed by atoms with E-state index < -0.39 is 5.97 Å². The zero-order valence-electron chi connectivity index (χ0n) is 10.8. The van der Waals surface area contributed by atoms with Gasteiger partial charge in [-0.05, 0) is 24.5 Å². The van der Waals surface area contributed by atoms with Crippen LogP contribution in [-0.4, -0.2) is 23.5 Å². The zero-order valence-corrected chi connectivity index (χ0v) is 10.8. The molecule has 2 aliphatic rings. The maximum Gasteiger partial charge on any atom is 0.305 e. The van der Waals surface area contributed by atoms with Gasteiger partial charge in [-0.2, -0.15) is 0 Å². The van der Waals surface area contributed by atoms with Gasteiger partial charge < -0.3 is 10.0 Å². The van der Waals surface area contributed by atoms with Gasteiger partial charge >= 0.3 is 5.97 Å². The Labute approximate surface area is 112 Å². The largest absolute Gasteiger partial charge is 0.481 e. The van der Waals surface area contributed by atoms with Crippen LogP contribution in [0.1, 0.15) is 37.7 Å². The van der Waals surface area contributed by atoms with Gasteiger partial charge in [0, 0.05) is 12.2 Å². The van der Waals surface area contributed by atoms with Crippen molar-refractivity contribution in [2.75, 3.05) is 11.4 Å². The highest BCUT2D eigenvalue weighted by molar-refractivity contribution is 6.08. The molecule has 1 heterocycles. The summed E-state index contributed by atoms with van der Waals surface area (Å²) in [5.74, 6) is -0.759. The summed E-state index contributed by atoms with van der Waals surface area (Å²) < 4.78 is 0. The SMILES string of the molecule is O=C(O)CCN1C(=O)C2(CCCC2)c2ccccc21. The molecule has 0 aromatic heterocycles. The molecule has 1 spiro atoms. The highest BCUT2D eigenvalue weighted by Crippen LogP contribution is 2.51. The number of aliphatic carboxylic acids is 1. The summed E-state index contributed by atoms with van der Waals surface area (Å²) in [4.78, 5) is 25.2. The summed E-state index contributed by atoms with van der Waals surface area (Å²) >= 11 is 0. The van der Waals surface area contributed by atoms with Crippen LogP contribution in [0.4, 0.5) is 5.69 Å². The van der Waals surface area contributed by atoms with Crippen molar-refractivity contribution >= 4 is 17.6 Å². The number of carboxylic acids is 1. The lowest BCUT2D eigenvalue weighted by molar-refractivity contribution is -0.136. The fraction of sp³-hybridized carbons (Fsp3) is 0.467. The van der Waals surface area contributed by atoms with Crippen molar-refractivity contribution in [1.29, 1.82) is 0 Å². The molecule has 4 nitrogen and oxygen atoms in total. The molecule has 0 bridgehead atoms. The second-order valence-corrected chi connectivity index (χ2v) is 5.41. The molecule has 1 aliphatic heterocycles. The third-order valence-electron chi connectivity index (χ3n) is 4.37. The number of carboxylic acid groups (broad SMARTS) is 1. The van der Waals surface area contributed by atoms with Crippen LogP contribution in [0.3, 0.4) is 0 Å². The summed E-state index contributed by atoms with van der Waals surface area (Å²) in [5.41, 5.74) is 1.65. The van der Waals surface area contributed by atoms with E-state index in [0.717, 1.165) is 36.9 Å². The van der Waals surface area contributed by atoms with Gasteiger partial charge in [-0.3, -0.25) is 9.59 Å². The van der Waals surface area contributed by atoms with E-state index in [2.05, 4.69) is 0 Å². The molecular weight excluding hydrogens is 242 g/mol. The molecule has 4 heteroatoms. The van der Waals surface area contributed by atoms with Gasteiger partial charge in [-0.15, -0.1) is 0 Å². The quantitative estimate of drug-likeness (QED) is 0.906. The first-order valence-electron chi connectivity index (χ1n) is 6.78. The predicted octanol–water partition coefficient (Wildman–Crippen LogP) is 2.32. The van der Waals surface area contributed by atoms with Crippen molar-refractivity contribution in [2.24, 2.45) is 0 Å². The van der Waals surface area contributed by atoms with Gasteiger partial charge in [0.2, 0.25) is 5.91 Å². The van der Waals surface area contributed by atoms with E-state index in [-0.39, 0.29) is 24.3 Å². The van der Waals surface area contributed by atoms with Crippen molar-refractivity contribution < 1.29 is 14.7 Å². The number of nitrogens with zero attached hydrogens (tertiary/aromatic N) is 1. The number of carbonyl (C=O) groups is 2. The first kappa shape index (κ1) is 12.2. The van der Waals surface area contributed by atoms with Gasteiger partial charge in [-0.25, -0.2) is 0 Å². The highest BCUT2D eigenvalue weighted by Gasteiger charge is 2.51. The topological polar surface area (TPSA) is 57.6 Å². The van der Waals surface area contributed by atoms with Crippen molar-refractivity contribution in [2.45, 2.75) is 37.5 Å². The van der Waals surface area contributed by atoms with Crippen molar-refractivity contribution in [3.05, 3.63) is 29.8 Å². The predicted molar refractivity (Wildman–Crippen MR) is 71.2 cm³/mol. The number of amides is 1.